The molecule has 7 heteroatoms. The van der Waals surface area contributed by atoms with E-state index < -0.39 is 21.7 Å². The van der Waals surface area contributed by atoms with Gasteiger partial charge in [-0.1, -0.05) is 24.3 Å². The van der Waals surface area contributed by atoms with Gasteiger partial charge >= 0.3 is 0 Å². The predicted octanol–water partition coefficient (Wildman–Crippen LogP) is 4.50. The summed E-state index contributed by atoms with van der Waals surface area (Å²) in [6.07, 6.45) is 0. The van der Waals surface area contributed by atoms with E-state index >= 15 is 0 Å². The van der Waals surface area contributed by atoms with Gasteiger partial charge in [0.15, 0.2) is 0 Å². The SMILES string of the molecule is Cc1ccccc1NC(=O)c1ccc(C)c(S(=O)(=O)Nc2ccc(F)cc2)c1. The maximum absolute atomic E-state index is 13.0. The Balaban J connectivity index is 1.89. The van der Waals surface area contributed by atoms with Crippen LogP contribution in [0.1, 0.15) is 21.5 Å². The number of nitrogens with one attached hydrogen (secondary N) is 2. The maximum Gasteiger partial charge on any atom is 0.262 e. The van der Waals surface area contributed by atoms with Gasteiger partial charge in [-0.05, 0) is 67.4 Å². The minimum Gasteiger partial charge on any atom is -0.322 e. The Morgan fingerprint density at radius 3 is 2.25 bits per heavy atom. The van der Waals surface area contributed by atoms with Gasteiger partial charge < -0.3 is 5.32 Å². The van der Waals surface area contributed by atoms with Crippen molar-refractivity contribution in [3.8, 4) is 0 Å². The van der Waals surface area contributed by atoms with Crippen LogP contribution in [0.3, 0.4) is 0 Å². The Labute approximate surface area is 163 Å². The van der Waals surface area contributed by atoms with Crippen LogP contribution in [-0.4, -0.2) is 14.3 Å². The molecule has 2 N–H and O–H groups in total. The van der Waals surface area contributed by atoms with Gasteiger partial charge in [-0.2, -0.15) is 0 Å². The first-order valence-corrected chi connectivity index (χ1v) is 10.0. The zero-order valence-corrected chi connectivity index (χ0v) is 16.2. The van der Waals surface area contributed by atoms with Crippen molar-refractivity contribution in [2.45, 2.75) is 18.7 Å². The normalized spacial score (nSPS) is 11.1. The Bertz CT molecular complexity index is 1130. The highest BCUT2D eigenvalue weighted by molar-refractivity contribution is 7.92. The zero-order chi connectivity index (χ0) is 20.3. The van der Waals surface area contributed by atoms with Gasteiger partial charge in [0.1, 0.15) is 5.82 Å². The molecule has 0 heterocycles. The van der Waals surface area contributed by atoms with Gasteiger partial charge in [0.2, 0.25) is 0 Å². The number of hydrogen-bond acceptors (Lipinski definition) is 3. The number of carbonyl (C=O) groups is 1. The second-order valence-corrected chi connectivity index (χ2v) is 8.01. The van der Waals surface area contributed by atoms with Crippen molar-refractivity contribution in [1.29, 1.82) is 0 Å². The van der Waals surface area contributed by atoms with E-state index in [1.54, 1.807) is 31.2 Å². The molecule has 0 saturated carbocycles. The van der Waals surface area contributed by atoms with E-state index in [1.165, 1.54) is 18.2 Å². The molecule has 5 nitrogen and oxygen atoms in total. The fourth-order valence-corrected chi connectivity index (χ4v) is 4.00. The van der Waals surface area contributed by atoms with Crippen molar-refractivity contribution >= 4 is 27.3 Å². The molecule has 0 radical (unpaired) electrons. The number of halogens is 1. The molecule has 0 aliphatic rings. The van der Waals surface area contributed by atoms with Crippen LogP contribution in [0.15, 0.2) is 71.6 Å². The number of aryl methyl sites for hydroxylation is 2. The van der Waals surface area contributed by atoms with E-state index in [0.717, 1.165) is 17.7 Å². The van der Waals surface area contributed by atoms with Crippen LogP contribution in [0.5, 0.6) is 0 Å². The lowest BCUT2D eigenvalue weighted by atomic mass is 10.1. The zero-order valence-electron chi connectivity index (χ0n) is 15.4. The van der Waals surface area contributed by atoms with Crippen molar-refractivity contribution in [2.75, 3.05) is 10.0 Å². The molecule has 0 unspecified atom stereocenters. The van der Waals surface area contributed by atoms with Crippen LogP contribution in [0.4, 0.5) is 15.8 Å². The summed E-state index contributed by atoms with van der Waals surface area (Å²) in [7, 11) is -3.95. The van der Waals surface area contributed by atoms with E-state index in [2.05, 4.69) is 10.0 Å². The topological polar surface area (TPSA) is 75.3 Å². The third-order valence-corrected chi connectivity index (χ3v) is 5.75. The van der Waals surface area contributed by atoms with Gasteiger partial charge in [-0.3, -0.25) is 9.52 Å². The summed E-state index contributed by atoms with van der Waals surface area (Å²) in [6, 6.07) is 16.8. The average molecular weight is 398 g/mol. The van der Waals surface area contributed by atoms with Crippen molar-refractivity contribution in [3.05, 3.63) is 89.2 Å². The molecule has 0 bridgehead atoms. The Morgan fingerprint density at radius 1 is 0.893 bits per heavy atom. The minimum atomic E-state index is -3.95. The Morgan fingerprint density at radius 2 is 1.57 bits per heavy atom. The first-order valence-electron chi connectivity index (χ1n) is 8.52. The van der Waals surface area contributed by atoms with E-state index in [0.29, 0.717) is 11.3 Å². The molecular weight excluding hydrogens is 379 g/mol. The number of carbonyl (C=O) groups excluding carboxylic acids is 1. The number of hydrogen-bond donors (Lipinski definition) is 2. The summed E-state index contributed by atoms with van der Waals surface area (Å²) < 4.78 is 41.0. The third kappa shape index (κ3) is 4.37. The lowest BCUT2D eigenvalue weighted by molar-refractivity contribution is 0.102. The quantitative estimate of drug-likeness (QED) is 0.665. The monoisotopic (exact) mass is 398 g/mol. The van der Waals surface area contributed by atoms with Crippen LogP contribution < -0.4 is 10.0 Å². The highest BCUT2D eigenvalue weighted by Crippen LogP contribution is 2.22. The summed E-state index contributed by atoms with van der Waals surface area (Å²) in [5.41, 5.74) is 2.49. The molecule has 144 valence electrons. The van der Waals surface area contributed by atoms with Crippen molar-refractivity contribution in [1.82, 2.24) is 0 Å². The summed E-state index contributed by atoms with van der Waals surface area (Å²) in [5.74, 6) is -0.874. The van der Waals surface area contributed by atoms with Gasteiger partial charge in [-0.25, -0.2) is 12.8 Å². The van der Waals surface area contributed by atoms with E-state index in [9.17, 15) is 17.6 Å². The molecule has 1 amide bonds. The average Bonchev–Trinajstić information content (AvgIpc) is 2.65. The Kier molecular flexibility index (Phi) is 5.46. The van der Waals surface area contributed by atoms with Crippen molar-refractivity contribution < 1.29 is 17.6 Å². The molecule has 3 rings (SSSR count). The highest BCUT2D eigenvalue weighted by atomic mass is 32.2. The fraction of sp³-hybridized carbons (Fsp3) is 0.0952. The van der Waals surface area contributed by atoms with E-state index in [1.807, 2.05) is 19.1 Å². The standard InChI is InChI=1S/C21H19FN2O3S/c1-14-5-3-4-6-19(14)23-21(25)16-8-7-15(2)20(13-16)28(26,27)24-18-11-9-17(22)10-12-18/h3-13,24H,1-2H3,(H,23,25). The molecule has 0 fully saturated rings. The van der Waals surface area contributed by atoms with Crippen LogP contribution in [0.25, 0.3) is 0 Å². The molecule has 28 heavy (non-hydrogen) atoms. The molecule has 0 aromatic heterocycles. The third-order valence-electron chi connectivity index (χ3n) is 4.23. The highest BCUT2D eigenvalue weighted by Gasteiger charge is 2.19. The molecule has 3 aromatic rings. The smallest absolute Gasteiger partial charge is 0.262 e. The molecule has 0 saturated heterocycles. The summed E-state index contributed by atoms with van der Waals surface area (Å²) in [4.78, 5) is 12.6. The lowest BCUT2D eigenvalue weighted by Gasteiger charge is -2.13. The number of anilines is 2. The Hall–Kier alpha value is -3.19. The molecule has 3 aromatic carbocycles. The number of amides is 1. The van der Waals surface area contributed by atoms with E-state index in [4.69, 9.17) is 0 Å². The van der Waals surface area contributed by atoms with Gasteiger partial charge in [0, 0.05) is 16.9 Å². The second-order valence-electron chi connectivity index (χ2n) is 6.36. The molecule has 0 aliphatic heterocycles. The first-order chi connectivity index (χ1) is 13.3. The maximum atomic E-state index is 13.0. The lowest BCUT2D eigenvalue weighted by Crippen LogP contribution is -2.17. The van der Waals surface area contributed by atoms with Crippen LogP contribution in [0, 0.1) is 19.7 Å². The minimum absolute atomic E-state index is 0.0192. The summed E-state index contributed by atoms with van der Waals surface area (Å²) in [5, 5.41) is 2.78. The molecular formula is C21H19FN2O3S. The molecule has 0 atom stereocenters. The summed E-state index contributed by atoms with van der Waals surface area (Å²) in [6.45, 7) is 3.51. The van der Waals surface area contributed by atoms with Gasteiger partial charge in [0.25, 0.3) is 15.9 Å². The van der Waals surface area contributed by atoms with Crippen LogP contribution >= 0.6 is 0 Å². The van der Waals surface area contributed by atoms with Gasteiger partial charge in [-0.15, -0.1) is 0 Å². The number of para-hydroxylation sites is 1. The number of rotatable bonds is 5. The van der Waals surface area contributed by atoms with Crippen LogP contribution in [-0.2, 0) is 10.0 Å². The number of sulfonamides is 1. The van der Waals surface area contributed by atoms with Crippen molar-refractivity contribution in [2.24, 2.45) is 0 Å². The molecule has 0 aliphatic carbocycles. The largest absolute Gasteiger partial charge is 0.322 e. The first kappa shape index (κ1) is 19.6. The predicted molar refractivity (Wildman–Crippen MR) is 108 cm³/mol. The second kappa shape index (κ2) is 7.82. The molecule has 0 spiro atoms. The fourth-order valence-electron chi connectivity index (χ4n) is 2.67. The number of benzene rings is 3. The van der Waals surface area contributed by atoms with E-state index in [-0.39, 0.29) is 16.1 Å². The summed E-state index contributed by atoms with van der Waals surface area (Å²) >= 11 is 0. The van der Waals surface area contributed by atoms with Crippen molar-refractivity contribution in [3.63, 3.8) is 0 Å². The van der Waals surface area contributed by atoms with Gasteiger partial charge in [0.05, 0.1) is 4.90 Å². The van der Waals surface area contributed by atoms with Crippen LogP contribution in [0.2, 0.25) is 0 Å².